The third kappa shape index (κ3) is 4.82. The van der Waals surface area contributed by atoms with E-state index in [0.717, 1.165) is 65.9 Å². The van der Waals surface area contributed by atoms with Gasteiger partial charge in [-0.3, -0.25) is 4.79 Å². The molecule has 0 unspecified atom stereocenters. The minimum atomic E-state index is -0.708. The van der Waals surface area contributed by atoms with Crippen molar-refractivity contribution in [1.82, 2.24) is 14.5 Å². The molecule has 2 aromatic heterocycles. The Morgan fingerprint density at radius 1 is 0.848 bits per heavy atom. The van der Waals surface area contributed by atoms with E-state index in [2.05, 4.69) is 34.9 Å². The lowest BCUT2D eigenvalue weighted by Gasteiger charge is -2.12. The van der Waals surface area contributed by atoms with Crippen LogP contribution < -0.4 is 0 Å². The number of carboxylic acids is 1. The topological polar surface area (TPSA) is 68.0 Å². The Kier molecular flexibility index (Phi) is 6.20. The molecule has 5 nitrogen and oxygen atoms in total. The monoisotopic (exact) mass is 439 g/mol. The number of aliphatic carboxylic acids is 1. The van der Waals surface area contributed by atoms with Gasteiger partial charge in [-0.25, -0.2) is 9.97 Å². The number of aromatic nitrogens is 3. The first-order valence-corrected chi connectivity index (χ1v) is 11.9. The third-order valence-corrected chi connectivity index (χ3v) is 6.37. The maximum atomic E-state index is 10.8. The molecule has 0 aliphatic heterocycles. The summed E-state index contributed by atoms with van der Waals surface area (Å²) in [6.07, 6.45) is 6.45. The summed E-state index contributed by atoms with van der Waals surface area (Å²) in [6.45, 7) is 0.899. The summed E-state index contributed by atoms with van der Waals surface area (Å²) in [5, 5.41) is 8.85. The Morgan fingerprint density at radius 2 is 1.45 bits per heavy atom. The molecule has 33 heavy (non-hydrogen) atoms. The summed E-state index contributed by atoms with van der Waals surface area (Å²) in [5.41, 5.74) is 7.24. The van der Waals surface area contributed by atoms with Crippen molar-refractivity contribution >= 4 is 17.1 Å². The average molecular weight is 440 g/mol. The van der Waals surface area contributed by atoms with Gasteiger partial charge in [-0.2, -0.15) is 0 Å². The summed E-state index contributed by atoms with van der Waals surface area (Å²) in [6, 6.07) is 22.8. The summed E-state index contributed by atoms with van der Waals surface area (Å²) in [4.78, 5) is 21.1. The summed E-state index contributed by atoms with van der Waals surface area (Å²) < 4.78 is 2.37. The first-order valence-electron chi connectivity index (χ1n) is 11.9. The third-order valence-electron chi connectivity index (χ3n) is 6.37. The van der Waals surface area contributed by atoms with Gasteiger partial charge in [0.25, 0.3) is 0 Å². The number of unbranched alkanes of at least 4 members (excludes halogenated alkanes) is 3. The van der Waals surface area contributed by atoms with E-state index in [4.69, 9.17) is 15.1 Å². The van der Waals surface area contributed by atoms with E-state index in [0.29, 0.717) is 5.92 Å². The molecular weight excluding hydrogens is 410 g/mol. The van der Waals surface area contributed by atoms with Crippen LogP contribution in [0.4, 0.5) is 0 Å². The Labute approximate surface area is 194 Å². The van der Waals surface area contributed by atoms with E-state index < -0.39 is 5.97 Å². The molecule has 0 radical (unpaired) electrons. The molecule has 0 saturated heterocycles. The van der Waals surface area contributed by atoms with E-state index in [9.17, 15) is 4.79 Å². The zero-order valence-corrected chi connectivity index (χ0v) is 18.8. The van der Waals surface area contributed by atoms with Crippen LogP contribution in [0.5, 0.6) is 0 Å². The molecule has 1 N–H and O–H groups in total. The highest BCUT2D eigenvalue weighted by Crippen LogP contribution is 2.43. The second-order valence-electron chi connectivity index (χ2n) is 8.91. The van der Waals surface area contributed by atoms with Gasteiger partial charge in [0.1, 0.15) is 5.52 Å². The van der Waals surface area contributed by atoms with E-state index in [1.165, 1.54) is 18.5 Å². The number of benzene rings is 2. The summed E-state index contributed by atoms with van der Waals surface area (Å²) in [7, 11) is 0. The molecule has 0 bridgehead atoms. The van der Waals surface area contributed by atoms with Crippen LogP contribution in [0.3, 0.4) is 0 Å². The zero-order chi connectivity index (χ0) is 22.6. The molecule has 1 fully saturated rings. The van der Waals surface area contributed by atoms with Crippen LogP contribution in [-0.4, -0.2) is 25.6 Å². The largest absolute Gasteiger partial charge is 0.481 e. The van der Waals surface area contributed by atoms with Crippen LogP contribution in [-0.2, 0) is 11.3 Å². The molecule has 0 amide bonds. The fourth-order valence-electron chi connectivity index (χ4n) is 4.52. The molecule has 4 aromatic rings. The van der Waals surface area contributed by atoms with Gasteiger partial charge >= 0.3 is 5.97 Å². The Bertz CT molecular complexity index is 1240. The molecule has 0 atom stereocenters. The van der Waals surface area contributed by atoms with Crippen LogP contribution in [0.15, 0.2) is 66.7 Å². The van der Waals surface area contributed by atoms with E-state index in [1.54, 1.807) is 0 Å². The maximum Gasteiger partial charge on any atom is 0.303 e. The van der Waals surface area contributed by atoms with Crippen molar-refractivity contribution in [1.29, 1.82) is 0 Å². The molecule has 168 valence electrons. The predicted octanol–water partition coefficient (Wildman–Crippen LogP) is 6.68. The van der Waals surface area contributed by atoms with Gasteiger partial charge in [0.2, 0.25) is 0 Å². The number of nitrogens with zero attached hydrogens (tertiary/aromatic N) is 3. The van der Waals surface area contributed by atoms with E-state index >= 15 is 0 Å². The Hall–Kier alpha value is -3.47. The highest BCUT2D eigenvalue weighted by molar-refractivity contribution is 5.85. The lowest BCUT2D eigenvalue weighted by atomic mass is 10.0. The normalized spacial score (nSPS) is 13.5. The summed E-state index contributed by atoms with van der Waals surface area (Å²) in [5.74, 6) is -0.103. The van der Waals surface area contributed by atoms with Crippen LogP contribution >= 0.6 is 0 Å². The van der Waals surface area contributed by atoms with Crippen molar-refractivity contribution in [2.45, 2.75) is 57.4 Å². The minimum absolute atomic E-state index is 0.258. The minimum Gasteiger partial charge on any atom is -0.481 e. The molecular formula is C28H29N3O2. The van der Waals surface area contributed by atoms with Crippen molar-refractivity contribution in [2.75, 3.05) is 0 Å². The highest BCUT2D eigenvalue weighted by atomic mass is 16.4. The van der Waals surface area contributed by atoms with Gasteiger partial charge in [-0.15, -0.1) is 0 Å². The standard InChI is InChI=1S/C28H29N3O2/c32-25(33)15-9-1-2-10-18-31-24(20-16-17-20)19-23-28(31)30-27(22-13-7-4-8-14-22)26(29-23)21-11-5-3-6-12-21/h3-8,11-14,19-20H,1-2,9-10,15-18H2,(H,32,33). The zero-order valence-electron chi connectivity index (χ0n) is 18.8. The molecule has 0 spiro atoms. The second-order valence-corrected chi connectivity index (χ2v) is 8.91. The molecule has 1 aliphatic carbocycles. The van der Waals surface area contributed by atoms with Gasteiger partial charge in [0.15, 0.2) is 5.65 Å². The van der Waals surface area contributed by atoms with Crippen LogP contribution in [0.25, 0.3) is 33.7 Å². The number of fused-ring (bicyclic) bond motifs is 1. The Morgan fingerprint density at radius 3 is 2.06 bits per heavy atom. The van der Waals surface area contributed by atoms with Crippen molar-refractivity contribution in [2.24, 2.45) is 0 Å². The second kappa shape index (κ2) is 9.57. The molecule has 5 heteroatoms. The lowest BCUT2D eigenvalue weighted by Crippen LogP contribution is -2.05. The van der Waals surface area contributed by atoms with Crippen molar-refractivity contribution < 1.29 is 9.90 Å². The molecule has 2 aromatic carbocycles. The highest BCUT2D eigenvalue weighted by Gasteiger charge is 2.29. The van der Waals surface area contributed by atoms with Gasteiger partial charge in [0.05, 0.1) is 11.4 Å². The lowest BCUT2D eigenvalue weighted by molar-refractivity contribution is -0.137. The van der Waals surface area contributed by atoms with Gasteiger partial charge in [0, 0.05) is 29.8 Å². The first kappa shape index (κ1) is 21.4. The van der Waals surface area contributed by atoms with Gasteiger partial charge < -0.3 is 9.67 Å². The number of hydrogen-bond acceptors (Lipinski definition) is 3. The van der Waals surface area contributed by atoms with Crippen molar-refractivity contribution in [3.05, 3.63) is 72.4 Å². The molecule has 5 rings (SSSR count). The van der Waals surface area contributed by atoms with Crippen LogP contribution in [0, 0.1) is 0 Å². The average Bonchev–Trinajstić information content (AvgIpc) is 3.63. The van der Waals surface area contributed by atoms with Crippen molar-refractivity contribution in [3.8, 4) is 22.5 Å². The fourth-order valence-corrected chi connectivity index (χ4v) is 4.52. The molecule has 1 aliphatic rings. The first-order chi connectivity index (χ1) is 16.2. The van der Waals surface area contributed by atoms with Crippen molar-refractivity contribution in [3.63, 3.8) is 0 Å². The van der Waals surface area contributed by atoms with Gasteiger partial charge in [-0.05, 0) is 37.7 Å². The van der Waals surface area contributed by atoms with Crippen LogP contribution in [0.1, 0.15) is 56.6 Å². The van der Waals surface area contributed by atoms with E-state index in [-0.39, 0.29) is 6.42 Å². The quantitative estimate of drug-likeness (QED) is 0.280. The predicted molar refractivity (Wildman–Crippen MR) is 131 cm³/mol. The maximum absolute atomic E-state index is 10.8. The van der Waals surface area contributed by atoms with Gasteiger partial charge in [-0.1, -0.05) is 73.5 Å². The Balaban J connectivity index is 1.52. The van der Waals surface area contributed by atoms with E-state index in [1.807, 2.05) is 36.4 Å². The smallest absolute Gasteiger partial charge is 0.303 e. The number of rotatable bonds is 10. The number of carbonyl (C=O) groups is 1. The number of hydrogen-bond donors (Lipinski definition) is 1. The molecule has 2 heterocycles. The molecule has 1 saturated carbocycles. The SMILES string of the molecule is O=C(O)CCCCCCn1c(C2CC2)cc2nc(-c3ccccc3)c(-c3ccccc3)nc21. The van der Waals surface area contributed by atoms with Crippen LogP contribution in [0.2, 0.25) is 0 Å². The fraction of sp³-hybridized carbons (Fsp3) is 0.321. The number of aryl methyl sites for hydroxylation is 1. The number of carboxylic acid groups (broad SMARTS) is 1. The summed E-state index contributed by atoms with van der Waals surface area (Å²) >= 11 is 0.